The van der Waals surface area contributed by atoms with Crippen LogP contribution in [0.3, 0.4) is 0 Å². The number of phenols is 1. The summed E-state index contributed by atoms with van der Waals surface area (Å²) in [5.41, 5.74) is 0.775. The summed E-state index contributed by atoms with van der Waals surface area (Å²) in [4.78, 5) is 48.5. The number of thioether (sulfide) groups is 1. The number of nitro benzene ring substituents is 1. The van der Waals surface area contributed by atoms with Crippen LogP contribution in [-0.4, -0.2) is 50.7 Å². The topological polar surface area (TPSA) is 139 Å². The second kappa shape index (κ2) is 10.9. The molecule has 0 saturated carbocycles. The highest BCUT2D eigenvalue weighted by molar-refractivity contribution is 8.26. The predicted molar refractivity (Wildman–Crippen MR) is 130 cm³/mol. The van der Waals surface area contributed by atoms with Crippen LogP contribution in [0.2, 0.25) is 0 Å². The van der Waals surface area contributed by atoms with E-state index in [4.69, 9.17) is 12.2 Å². The fourth-order valence-electron chi connectivity index (χ4n) is 3.03. The zero-order valence-electron chi connectivity index (χ0n) is 17.8. The first-order valence-corrected chi connectivity index (χ1v) is 11.1. The summed E-state index contributed by atoms with van der Waals surface area (Å²) in [7, 11) is 1.29. The smallest absolute Gasteiger partial charge is 0.337 e. The molecule has 1 fully saturated rings. The number of amides is 2. The van der Waals surface area contributed by atoms with Crippen molar-refractivity contribution in [2.45, 2.75) is 12.8 Å². The predicted octanol–water partition coefficient (Wildman–Crippen LogP) is 3.71. The van der Waals surface area contributed by atoms with Crippen LogP contribution in [0.5, 0.6) is 5.75 Å². The third-order valence-corrected chi connectivity index (χ3v) is 6.13. The SMILES string of the molecule is COC(=O)c1ccc(C=C2SC(=S)N(CCCC(=O)Nc3cc([N+](=O)[O-])ccc3O)C2=O)cc1. The van der Waals surface area contributed by atoms with Crippen molar-refractivity contribution in [3.8, 4) is 5.75 Å². The molecule has 1 saturated heterocycles. The Morgan fingerprint density at radius 3 is 2.62 bits per heavy atom. The molecule has 12 heteroatoms. The Morgan fingerprint density at radius 2 is 1.97 bits per heavy atom. The molecular formula is C22H19N3O7S2. The Morgan fingerprint density at radius 1 is 1.26 bits per heavy atom. The molecule has 0 unspecified atom stereocenters. The number of benzene rings is 2. The number of nitro groups is 1. The number of nitrogens with one attached hydrogen (secondary N) is 1. The van der Waals surface area contributed by atoms with Gasteiger partial charge in [0.15, 0.2) is 0 Å². The van der Waals surface area contributed by atoms with E-state index in [1.807, 2.05) is 0 Å². The fourth-order valence-corrected chi connectivity index (χ4v) is 4.33. The van der Waals surface area contributed by atoms with Gasteiger partial charge < -0.3 is 15.2 Å². The normalized spacial score (nSPS) is 14.4. The van der Waals surface area contributed by atoms with E-state index in [1.165, 1.54) is 12.0 Å². The number of phenolic OH excluding ortho intramolecular Hbond substituents is 1. The van der Waals surface area contributed by atoms with Crippen molar-refractivity contribution < 1.29 is 29.2 Å². The third-order valence-electron chi connectivity index (χ3n) is 4.75. The molecular weight excluding hydrogens is 482 g/mol. The lowest BCUT2D eigenvalue weighted by Gasteiger charge is -2.14. The van der Waals surface area contributed by atoms with Crippen LogP contribution in [0.1, 0.15) is 28.8 Å². The third kappa shape index (κ3) is 5.97. The van der Waals surface area contributed by atoms with Gasteiger partial charge in [-0.2, -0.15) is 0 Å². The average molecular weight is 502 g/mol. The van der Waals surface area contributed by atoms with Gasteiger partial charge in [-0.15, -0.1) is 0 Å². The van der Waals surface area contributed by atoms with Crippen molar-refractivity contribution in [2.75, 3.05) is 19.0 Å². The maximum absolute atomic E-state index is 12.7. The Bertz CT molecular complexity index is 1200. The van der Waals surface area contributed by atoms with Gasteiger partial charge in [-0.05, 0) is 36.3 Å². The van der Waals surface area contributed by atoms with Gasteiger partial charge in [0.2, 0.25) is 5.91 Å². The maximum atomic E-state index is 12.7. The quantitative estimate of drug-likeness (QED) is 0.138. The van der Waals surface area contributed by atoms with Crippen LogP contribution >= 0.6 is 24.0 Å². The first kappa shape index (κ1) is 24.9. The van der Waals surface area contributed by atoms with E-state index < -0.39 is 16.8 Å². The molecule has 2 aromatic rings. The molecule has 0 aliphatic carbocycles. The Hall–Kier alpha value is -3.77. The zero-order chi connectivity index (χ0) is 24.8. The number of non-ortho nitro benzene ring substituents is 1. The van der Waals surface area contributed by atoms with Crippen molar-refractivity contribution in [3.63, 3.8) is 0 Å². The highest BCUT2D eigenvalue weighted by Gasteiger charge is 2.31. The van der Waals surface area contributed by atoms with Gasteiger partial charge >= 0.3 is 5.97 Å². The van der Waals surface area contributed by atoms with Gasteiger partial charge in [-0.1, -0.05) is 36.1 Å². The first-order valence-electron chi connectivity index (χ1n) is 9.90. The standard InChI is InChI=1S/C22H19N3O7S2/c1-32-21(29)14-6-4-13(5-7-14)11-18-20(28)24(22(33)34-18)10-2-3-19(27)23-16-12-15(25(30)31)8-9-17(16)26/h4-9,11-12,26H,2-3,10H2,1H3,(H,23,27). The number of hydrogen-bond acceptors (Lipinski definition) is 9. The molecule has 1 heterocycles. The fraction of sp³-hybridized carbons (Fsp3) is 0.182. The van der Waals surface area contributed by atoms with Gasteiger partial charge in [0, 0.05) is 25.1 Å². The molecule has 2 aromatic carbocycles. The van der Waals surface area contributed by atoms with Gasteiger partial charge in [0.05, 0.1) is 28.2 Å². The molecule has 3 rings (SSSR count). The largest absolute Gasteiger partial charge is 0.506 e. The van der Waals surface area contributed by atoms with Crippen molar-refractivity contribution in [2.24, 2.45) is 0 Å². The molecule has 0 radical (unpaired) electrons. The summed E-state index contributed by atoms with van der Waals surface area (Å²) < 4.78 is 5.02. The number of esters is 1. The number of aromatic hydroxyl groups is 1. The van der Waals surface area contributed by atoms with Crippen molar-refractivity contribution in [1.82, 2.24) is 4.90 Å². The van der Waals surface area contributed by atoms with Crippen LogP contribution in [0, 0.1) is 10.1 Å². The van der Waals surface area contributed by atoms with Crippen LogP contribution in [0.4, 0.5) is 11.4 Å². The van der Waals surface area contributed by atoms with E-state index in [2.05, 4.69) is 10.1 Å². The van der Waals surface area contributed by atoms with Gasteiger partial charge in [-0.25, -0.2) is 4.79 Å². The Balaban J connectivity index is 1.56. The number of carbonyl (C=O) groups excluding carboxylic acids is 3. The molecule has 176 valence electrons. The summed E-state index contributed by atoms with van der Waals surface area (Å²) in [6.45, 7) is 0.206. The number of rotatable bonds is 8. The Kier molecular flexibility index (Phi) is 7.97. The van der Waals surface area contributed by atoms with E-state index in [0.29, 0.717) is 20.4 Å². The van der Waals surface area contributed by atoms with Gasteiger partial charge in [0.1, 0.15) is 10.1 Å². The van der Waals surface area contributed by atoms with E-state index >= 15 is 0 Å². The zero-order valence-corrected chi connectivity index (χ0v) is 19.5. The van der Waals surface area contributed by atoms with Crippen molar-refractivity contribution in [1.29, 1.82) is 0 Å². The van der Waals surface area contributed by atoms with Crippen LogP contribution in [0.15, 0.2) is 47.4 Å². The molecule has 1 aliphatic heterocycles. The van der Waals surface area contributed by atoms with E-state index in [0.717, 1.165) is 30.0 Å². The van der Waals surface area contributed by atoms with E-state index in [9.17, 15) is 29.6 Å². The second-order valence-electron chi connectivity index (χ2n) is 7.06. The number of carbonyl (C=O) groups is 3. The second-order valence-corrected chi connectivity index (χ2v) is 8.73. The molecule has 2 N–H and O–H groups in total. The molecule has 0 spiro atoms. The molecule has 10 nitrogen and oxygen atoms in total. The number of thiocarbonyl (C=S) groups is 1. The Labute approximate surface area is 203 Å². The van der Waals surface area contributed by atoms with Crippen LogP contribution in [-0.2, 0) is 14.3 Å². The number of hydrogen-bond donors (Lipinski definition) is 2. The average Bonchev–Trinajstić information content (AvgIpc) is 3.07. The number of anilines is 1. The lowest BCUT2D eigenvalue weighted by atomic mass is 10.1. The monoisotopic (exact) mass is 501 g/mol. The highest BCUT2D eigenvalue weighted by atomic mass is 32.2. The minimum absolute atomic E-state index is 0.00717. The molecule has 34 heavy (non-hydrogen) atoms. The lowest BCUT2D eigenvalue weighted by molar-refractivity contribution is -0.384. The molecule has 0 bridgehead atoms. The summed E-state index contributed by atoms with van der Waals surface area (Å²) in [6.07, 6.45) is 1.96. The molecule has 0 atom stereocenters. The van der Waals surface area contributed by atoms with Gasteiger partial charge in [-0.3, -0.25) is 24.6 Å². The minimum atomic E-state index is -0.634. The van der Waals surface area contributed by atoms with Crippen LogP contribution < -0.4 is 5.32 Å². The highest BCUT2D eigenvalue weighted by Crippen LogP contribution is 2.33. The lowest BCUT2D eigenvalue weighted by Crippen LogP contribution is -2.29. The van der Waals surface area contributed by atoms with E-state index in [-0.39, 0.29) is 42.4 Å². The number of methoxy groups -OCH3 is 1. The van der Waals surface area contributed by atoms with E-state index in [1.54, 1.807) is 30.3 Å². The summed E-state index contributed by atoms with van der Waals surface area (Å²) >= 11 is 6.43. The minimum Gasteiger partial charge on any atom is -0.506 e. The summed E-state index contributed by atoms with van der Waals surface area (Å²) in [6, 6.07) is 9.88. The van der Waals surface area contributed by atoms with Crippen molar-refractivity contribution in [3.05, 3.63) is 68.6 Å². The van der Waals surface area contributed by atoms with Crippen molar-refractivity contribution >= 4 is 63.5 Å². The summed E-state index contributed by atoms with van der Waals surface area (Å²) in [5.74, 6) is -1.51. The van der Waals surface area contributed by atoms with Crippen LogP contribution in [0.25, 0.3) is 6.08 Å². The number of nitrogens with zero attached hydrogens (tertiary/aromatic N) is 2. The molecule has 1 aliphatic rings. The molecule has 2 amide bonds. The maximum Gasteiger partial charge on any atom is 0.337 e. The number of ether oxygens (including phenoxy) is 1. The molecule has 0 aromatic heterocycles. The van der Waals surface area contributed by atoms with Gasteiger partial charge in [0.25, 0.3) is 11.6 Å². The first-order chi connectivity index (χ1) is 16.2. The summed E-state index contributed by atoms with van der Waals surface area (Å²) in [5, 5.41) is 23.1.